The number of nitrogens with zero attached hydrogens (tertiary/aromatic N) is 1. The van der Waals surface area contributed by atoms with Crippen LogP contribution in [-0.2, 0) is 23.8 Å². The van der Waals surface area contributed by atoms with E-state index in [2.05, 4.69) is 0 Å². The van der Waals surface area contributed by atoms with Crippen molar-refractivity contribution in [3.63, 3.8) is 0 Å². The zero-order valence-corrected chi connectivity index (χ0v) is 21.1. The normalized spacial score (nSPS) is 24.1. The Bertz CT molecular complexity index is 1110. The second kappa shape index (κ2) is 8.91. The van der Waals surface area contributed by atoms with Crippen LogP contribution in [0.2, 0.25) is 5.02 Å². The van der Waals surface area contributed by atoms with Gasteiger partial charge in [-0.25, -0.2) is 4.79 Å². The standard InChI is InChI=1S/C27H32ClF3N2O2/c1-24(2,3)35-23(34)33-13-12-26(17-33)16-25(26,11-10-18-8-9-22(32)21(28)14-18)15-19-6-4-5-7-20(19)27(29,30)31/h4-9,14H,10-13,15-17,32H2,1-3H3/t25-,26+/m1/s1. The van der Waals surface area contributed by atoms with Crippen molar-refractivity contribution in [3.8, 4) is 0 Å². The lowest BCUT2D eigenvalue weighted by molar-refractivity contribution is -0.138. The van der Waals surface area contributed by atoms with Crippen LogP contribution in [0, 0.1) is 10.8 Å². The first kappa shape index (κ1) is 25.7. The summed E-state index contributed by atoms with van der Waals surface area (Å²) in [4.78, 5) is 14.4. The van der Waals surface area contributed by atoms with Crippen molar-refractivity contribution < 1.29 is 22.7 Å². The molecule has 2 aromatic carbocycles. The van der Waals surface area contributed by atoms with Crippen LogP contribution in [-0.4, -0.2) is 29.7 Å². The van der Waals surface area contributed by atoms with E-state index < -0.39 is 17.3 Å². The number of nitrogens with two attached hydrogens (primary N) is 1. The van der Waals surface area contributed by atoms with Crippen molar-refractivity contribution in [3.05, 3.63) is 64.2 Å². The minimum atomic E-state index is -4.41. The maximum absolute atomic E-state index is 13.8. The number of ether oxygens (including phenoxy) is 1. The Labute approximate surface area is 209 Å². The van der Waals surface area contributed by atoms with E-state index in [1.54, 1.807) is 23.1 Å². The molecule has 0 bridgehead atoms. The summed E-state index contributed by atoms with van der Waals surface area (Å²) in [7, 11) is 0. The average Bonchev–Trinajstić information content (AvgIpc) is 3.11. The lowest BCUT2D eigenvalue weighted by Gasteiger charge is -2.27. The molecule has 35 heavy (non-hydrogen) atoms. The Kier molecular flexibility index (Phi) is 6.54. The van der Waals surface area contributed by atoms with Crippen LogP contribution in [0.25, 0.3) is 0 Å². The van der Waals surface area contributed by atoms with Gasteiger partial charge in [-0.15, -0.1) is 0 Å². The molecule has 4 nitrogen and oxygen atoms in total. The van der Waals surface area contributed by atoms with Crippen LogP contribution >= 0.6 is 11.6 Å². The Morgan fingerprint density at radius 1 is 1.17 bits per heavy atom. The molecule has 2 fully saturated rings. The number of amides is 1. The first-order chi connectivity index (χ1) is 16.2. The molecular formula is C27H32ClF3N2O2. The molecule has 2 aliphatic rings. The smallest absolute Gasteiger partial charge is 0.416 e. The number of halogens is 4. The van der Waals surface area contributed by atoms with Gasteiger partial charge in [0.2, 0.25) is 0 Å². The lowest BCUT2D eigenvalue weighted by Crippen LogP contribution is -2.36. The number of benzene rings is 2. The van der Waals surface area contributed by atoms with Crippen LogP contribution in [0.4, 0.5) is 23.7 Å². The van der Waals surface area contributed by atoms with Crippen molar-refractivity contribution in [2.24, 2.45) is 10.8 Å². The second-order valence-corrected chi connectivity index (χ2v) is 11.5. The van der Waals surface area contributed by atoms with Crippen molar-refractivity contribution in [2.75, 3.05) is 18.8 Å². The highest BCUT2D eigenvalue weighted by Gasteiger charge is 2.68. The predicted octanol–water partition coefficient (Wildman–Crippen LogP) is 7.13. The maximum atomic E-state index is 13.8. The van der Waals surface area contributed by atoms with E-state index in [-0.39, 0.29) is 16.9 Å². The molecule has 2 aromatic rings. The second-order valence-electron chi connectivity index (χ2n) is 11.1. The van der Waals surface area contributed by atoms with E-state index >= 15 is 0 Å². The summed E-state index contributed by atoms with van der Waals surface area (Å²) in [5, 5.41) is 0.474. The molecule has 1 spiro atoms. The van der Waals surface area contributed by atoms with Gasteiger partial charge in [0, 0.05) is 13.1 Å². The number of rotatable bonds is 5. The third-order valence-corrected chi connectivity index (χ3v) is 7.82. The first-order valence-corrected chi connectivity index (χ1v) is 12.3. The van der Waals surface area contributed by atoms with Crippen molar-refractivity contribution in [2.45, 2.75) is 64.7 Å². The quantitative estimate of drug-likeness (QED) is 0.437. The number of hydrogen-bond acceptors (Lipinski definition) is 3. The largest absolute Gasteiger partial charge is 0.444 e. The monoisotopic (exact) mass is 508 g/mol. The van der Waals surface area contributed by atoms with E-state index in [1.807, 2.05) is 32.9 Å². The Balaban J connectivity index is 1.60. The number of carbonyl (C=O) groups excluding carboxylic acids is 1. The number of anilines is 1. The lowest BCUT2D eigenvalue weighted by atomic mass is 9.80. The molecule has 1 saturated carbocycles. The molecule has 4 rings (SSSR count). The predicted molar refractivity (Wildman–Crippen MR) is 131 cm³/mol. The summed E-state index contributed by atoms with van der Waals surface area (Å²) in [5.74, 6) is 0. The van der Waals surface area contributed by atoms with E-state index in [0.29, 0.717) is 48.6 Å². The fourth-order valence-corrected chi connectivity index (χ4v) is 5.86. The molecule has 0 radical (unpaired) electrons. The average molecular weight is 509 g/mol. The molecular weight excluding hydrogens is 477 g/mol. The molecule has 190 valence electrons. The van der Waals surface area contributed by atoms with Gasteiger partial charge in [-0.2, -0.15) is 13.2 Å². The van der Waals surface area contributed by atoms with Crippen LogP contribution in [0.15, 0.2) is 42.5 Å². The van der Waals surface area contributed by atoms with Crippen LogP contribution in [0.1, 0.15) is 56.7 Å². The highest BCUT2D eigenvalue weighted by molar-refractivity contribution is 6.33. The van der Waals surface area contributed by atoms with Crippen LogP contribution < -0.4 is 5.73 Å². The van der Waals surface area contributed by atoms with Crippen LogP contribution in [0.5, 0.6) is 0 Å². The van der Waals surface area contributed by atoms with Crippen molar-refractivity contribution in [1.29, 1.82) is 0 Å². The van der Waals surface area contributed by atoms with E-state index in [9.17, 15) is 18.0 Å². The minimum Gasteiger partial charge on any atom is -0.444 e. The highest BCUT2D eigenvalue weighted by atomic mass is 35.5. The minimum absolute atomic E-state index is 0.222. The van der Waals surface area contributed by atoms with Gasteiger partial charge in [0.15, 0.2) is 0 Å². The molecule has 0 unspecified atom stereocenters. The van der Waals surface area contributed by atoms with Crippen molar-refractivity contribution >= 4 is 23.4 Å². The molecule has 1 amide bonds. The van der Waals surface area contributed by atoms with E-state index in [4.69, 9.17) is 22.1 Å². The van der Waals surface area contributed by atoms with Gasteiger partial charge in [0.25, 0.3) is 0 Å². The zero-order chi connectivity index (χ0) is 25.6. The Morgan fingerprint density at radius 3 is 2.54 bits per heavy atom. The Hall–Kier alpha value is -2.41. The van der Waals surface area contributed by atoms with Gasteiger partial charge in [-0.3, -0.25) is 0 Å². The van der Waals surface area contributed by atoms with Gasteiger partial charge in [0.1, 0.15) is 5.60 Å². The molecule has 0 aromatic heterocycles. The van der Waals surface area contributed by atoms with Crippen LogP contribution in [0.3, 0.4) is 0 Å². The van der Waals surface area contributed by atoms with Gasteiger partial charge >= 0.3 is 12.3 Å². The fourth-order valence-electron chi connectivity index (χ4n) is 5.65. The number of alkyl halides is 3. The summed E-state index contributed by atoms with van der Waals surface area (Å²) in [6.45, 7) is 6.52. The summed E-state index contributed by atoms with van der Waals surface area (Å²) < 4.78 is 46.9. The summed E-state index contributed by atoms with van der Waals surface area (Å²) in [5.41, 5.74) is 5.88. The maximum Gasteiger partial charge on any atom is 0.416 e. The number of carbonyl (C=O) groups is 1. The molecule has 8 heteroatoms. The molecule has 2 N–H and O–H groups in total. The molecule has 1 aliphatic carbocycles. The van der Waals surface area contributed by atoms with Gasteiger partial charge in [-0.1, -0.05) is 35.9 Å². The van der Waals surface area contributed by atoms with Crippen molar-refractivity contribution in [1.82, 2.24) is 4.90 Å². The number of aryl methyl sites for hydroxylation is 1. The van der Waals surface area contributed by atoms with Gasteiger partial charge in [0.05, 0.1) is 16.3 Å². The fraction of sp³-hybridized carbons (Fsp3) is 0.519. The summed E-state index contributed by atoms with van der Waals surface area (Å²) >= 11 is 6.20. The third kappa shape index (κ3) is 5.40. The van der Waals surface area contributed by atoms with E-state index in [0.717, 1.165) is 24.5 Å². The Morgan fingerprint density at radius 2 is 1.89 bits per heavy atom. The summed E-state index contributed by atoms with van der Waals surface area (Å²) in [6, 6.07) is 11.3. The number of likely N-dealkylation sites (tertiary alicyclic amines) is 1. The van der Waals surface area contributed by atoms with Gasteiger partial charge in [-0.05, 0) is 93.0 Å². The van der Waals surface area contributed by atoms with Gasteiger partial charge < -0.3 is 15.4 Å². The SMILES string of the molecule is CC(C)(C)OC(=O)N1CC[C@@]2(C1)C[C@@]2(CCc1ccc(N)c(Cl)c1)Cc1ccccc1C(F)(F)F. The molecule has 1 aliphatic heterocycles. The molecule has 1 heterocycles. The third-order valence-electron chi connectivity index (χ3n) is 7.49. The topological polar surface area (TPSA) is 55.6 Å². The first-order valence-electron chi connectivity index (χ1n) is 11.9. The molecule has 2 atom stereocenters. The summed E-state index contributed by atoms with van der Waals surface area (Å²) in [6.07, 6.45) is -1.58. The van der Waals surface area contributed by atoms with E-state index in [1.165, 1.54) is 6.07 Å². The highest BCUT2D eigenvalue weighted by Crippen LogP contribution is 2.72. The number of hydrogen-bond donors (Lipinski definition) is 1. The zero-order valence-electron chi connectivity index (χ0n) is 20.3. The molecule has 1 saturated heterocycles. The number of nitrogen functional groups attached to an aromatic ring is 1.